The summed E-state index contributed by atoms with van der Waals surface area (Å²) in [5, 5.41) is 5.27. The second kappa shape index (κ2) is 10.4. The monoisotopic (exact) mass is 352 g/mol. The van der Waals surface area contributed by atoms with Crippen molar-refractivity contribution in [1.82, 2.24) is 10.6 Å². The molecule has 1 rings (SSSR count). The highest BCUT2D eigenvalue weighted by molar-refractivity contribution is 5.94. The molecule has 0 radical (unpaired) electrons. The minimum atomic E-state index is -0.612. The predicted octanol–water partition coefficient (Wildman–Crippen LogP) is 2.04. The average Bonchev–Trinajstić information content (AvgIpc) is 2.54. The first-order chi connectivity index (χ1) is 11.8. The van der Waals surface area contributed by atoms with Gasteiger partial charge in [0.2, 0.25) is 5.91 Å². The highest BCUT2D eigenvalue weighted by Crippen LogP contribution is 2.08. The van der Waals surface area contributed by atoms with Gasteiger partial charge in [0.15, 0.2) is 0 Å². The second-order valence-corrected chi connectivity index (χ2v) is 5.91. The molecule has 0 heterocycles. The van der Waals surface area contributed by atoms with Crippen LogP contribution in [0.3, 0.4) is 0 Å². The Morgan fingerprint density at radius 1 is 1.20 bits per heavy atom. The summed E-state index contributed by atoms with van der Waals surface area (Å²) in [6.07, 6.45) is 0.130. The molecule has 1 aromatic rings. The van der Waals surface area contributed by atoms with Crippen molar-refractivity contribution in [2.75, 3.05) is 13.2 Å². The van der Waals surface area contributed by atoms with Crippen molar-refractivity contribution >= 4 is 17.8 Å². The fraction of sp³-hybridized carbons (Fsp3) is 0.500. The molecule has 138 valence electrons. The van der Waals surface area contributed by atoms with Crippen molar-refractivity contribution in [1.29, 1.82) is 0 Å². The third-order valence-electron chi connectivity index (χ3n) is 3.60. The van der Waals surface area contributed by atoms with E-state index in [1.165, 1.54) is 18.2 Å². The lowest BCUT2D eigenvalue weighted by Gasteiger charge is -2.21. The number of amides is 2. The highest BCUT2D eigenvalue weighted by atomic mass is 19.1. The van der Waals surface area contributed by atoms with E-state index in [-0.39, 0.29) is 48.8 Å². The number of halogens is 1. The summed E-state index contributed by atoms with van der Waals surface area (Å²) in [5.41, 5.74) is -0.0646. The molecular weight excluding hydrogens is 327 g/mol. The molecule has 6 nitrogen and oxygen atoms in total. The van der Waals surface area contributed by atoms with Crippen LogP contribution in [0.1, 0.15) is 44.0 Å². The van der Waals surface area contributed by atoms with Crippen molar-refractivity contribution in [3.63, 3.8) is 0 Å². The van der Waals surface area contributed by atoms with Gasteiger partial charge in [-0.15, -0.1) is 0 Å². The van der Waals surface area contributed by atoms with Crippen LogP contribution in [0, 0.1) is 11.7 Å². The van der Waals surface area contributed by atoms with Crippen molar-refractivity contribution in [3.8, 4) is 0 Å². The molecule has 0 aliphatic heterocycles. The van der Waals surface area contributed by atoms with Crippen LogP contribution in [0.4, 0.5) is 4.39 Å². The minimum Gasteiger partial charge on any atom is -0.466 e. The van der Waals surface area contributed by atoms with E-state index in [0.717, 1.165) is 0 Å². The first kappa shape index (κ1) is 20.6. The number of nitrogens with one attached hydrogen (secondary N) is 2. The van der Waals surface area contributed by atoms with Crippen LogP contribution in [-0.2, 0) is 14.3 Å². The molecule has 2 N–H and O–H groups in total. The van der Waals surface area contributed by atoms with Crippen LogP contribution < -0.4 is 10.6 Å². The van der Waals surface area contributed by atoms with E-state index < -0.39 is 11.7 Å². The highest BCUT2D eigenvalue weighted by Gasteiger charge is 2.20. The van der Waals surface area contributed by atoms with Crippen LogP contribution in [0.2, 0.25) is 0 Å². The molecule has 0 unspecified atom stereocenters. The molecule has 0 fully saturated rings. The first-order valence-corrected chi connectivity index (χ1v) is 8.32. The fourth-order valence-corrected chi connectivity index (χ4v) is 2.16. The van der Waals surface area contributed by atoms with Gasteiger partial charge >= 0.3 is 5.97 Å². The van der Waals surface area contributed by atoms with E-state index in [2.05, 4.69) is 10.6 Å². The van der Waals surface area contributed by atoms with Crippen molar-refractivity contribution < 1.29 is 23.5 Å². The van der Waals surface area contributed by atoms with Crippen LogP contribution in [0.15, 0.2) is 24.3 Å². The van der Waals surface area contributed by atoms with E-state index in [1.54, 1.807) is 13.0 Å². The van der Waals surface area contributed by atoms with Gasteiger partial charge in [-0.1, -0.05) is 26.0 Å². The summed E-state index contributed by atoms with van der Waals surface area (Å²) >= 11 is 0. The molecule has 0 saturated carbocycles. The Kier molecular flexibility index (Phi) is 8.60. The lowest BCUT2D eigenvalue weighted by molar-refractivity contribution is -0.144. The molecule has 2 amide bonds. The third kappa shape index (κ3) is 7.32. The third-order valence-corrected chi connectivity index (χ3v) is 3.60. The van der Waals surface area contributed by atoms with Gasteiger partial charge in [0.25, 0.3) is 5.91 Å². The van der Waals surface area contributed by atoms with Crippen LogP contribution in [-0.4, -0.2) is 37.0 Å². The maximum absolute atomic E-state index is 13.5. The topological polar surface area (TPSA) is 84.5 Å². The molecule has 0 spiro atoms. The van der Waals surface area contributed by atoms with E-state index in [1.807, 2.05) is 13.8 Å². The maximum atomic E-state index is 13.5. The smallest absolute Gasteiger partial charge is 0.307 e. The largest absolute Gasteiger partial charge is 0.466 e. The predicted molar refractivity (Wildman–Crippen MR) is 91.4 cm³/mol. The van der Waals surface area contributed by atoms with E-state index in [0.29, 0.717) is 6.61 Å². The summed E-state index contributed by atoms with van der Waals surface area (Å²) in [4.78, 5) is 35.4. The fourth-order valence-electron chi connectivity index (χ4n) is 2.16. The Morgan fingerprint density at radius 2 is 1.88 bits per heavy atom. The number of benzene rings is 1. The summed E-state index contributed by atoms with van der Waals surface area (Å²) in [7, 11) is 0. The summed E-state index contributed by atoms with van der Waals surface area (Å²) in [6.45, 7) is 5.87. The molecule has 7 heteroatoms. The van der Waals surface area contributed by atoms with Gasteiger partial charge < -0.3 is 15.4 Å². The van der Waals surface area contributed by atoms with Gasteiger partial charge in [-0.05, 0) is 25.0 Å². The van der Waals surface area contributed by atoms with E-state index in [4.69, 9.17) is 4.74 Å². The summed E-state index contributed by atoms with van der Waals surface area (Å²) in [5.74, 6) is -1.79. The summed E-state index contributed by atoms with van der Waals surface area (Å²) in [6, 6.07) is 5.29. The van der Waals surface area contributed by atoms with Gasteiger partial charge in [0.1, 0.15) is 5.82 Å². The molecule has 25 heavy (non-hydrogen) atoms. The van der Waals surface area contributed by atoms with Crippen molar-refractivity contribution in [3.05, 3.63) is 35.6 Å². The van der Waals surface area contributed by atoms with Gasteiger partial charge in [-0.25, -0.2) is 4.39 Å². The lowest BCUT2D eigenvalue weighted by Crippen LogP contribution is -2.41. The van der Waals surface area contributed by atoms with Crippen molar-refractivity contribution in [2.24, 2.45) is 5.92 Å². The molecule has 1 aromatic carbocycles. The lowest BCUT2D eigenvalue weighted by atomic mass is 10.0. The Hall–Kier alpha value is -2.44. The SMILES string of the molecule is CCOC(=O)C[C@H](NC(=O)CCNC(=O)c1ccccc1F)C(C)C. The number of rotatable bonds is 9. The molecular formula is C18H25FN2O4. The normalized spacial score (nSPS) is 11.7. The molecule has 0 aliphatic rings. The Bertz CT molecular complexity index is 604. The molecule has 0 saturated heterocycles. The molecule has 1 atom stereocenters. The number of carbonyl (C=O) groups excluding carboxylic acids is 3. The Balaban J connectivity index is 2.43. The second-order valence-electron chi connectivity index (χ2n) is 5.91. The van der Waals surface area contributed by atoms with Gasteiger partial charge in [-0.3, -0.25) is 14.4 Å². The Labute approximate surface area is 147 Å². The number of carbonyl (C=O) groups is 3. The van der Waals surface area contributed by atoms with Crippen LogP contribution >= 0.6 is 0 Å². The zero-order valence-corrected chi connectivity index (χ0v) is 14.8. The minimum absolute atomic E-state index is 0.0340. The quantitative estimate of drug-likeness (QED) is 0.666. The Morgan fingerprint density at radius 3 is 2.48 bits per heavy atom. The molecule has 0 aliphatic carbocycles. The van der Waals surface area contributed by atoms with Gasteiger partial charge in [0.05, 0.1) is 18.6 Å². The first-order valence-electron chi connectivity index (χ1n) is 8.32. The molecule has 0 aromatic heterocycles. The van der Waals surface area contributed by atoms with E-state index in [9.17, 15) is 18.8 Å². The standard InChI is InChI=1S/C18H25FN2O4/c1-4-25-17(23)11-15(12(2)3)21-16(22)9-10-20-18(24)13-7-5-6-8-14(13)19/h5-8,12,15H,4,9-11H2,1-3H3,(H,20,24)(H,21,22)/t15-/m0/s1. The van der Waals surface area contributed by atoms with Crippen molar-refractivity contribution in [2.45, 2.75) is 39.7 Å². The maximum Gasteiger partial charge on any atom is 0.307 e. The van der Waals surface area contributed by atoms with Gasteiger partial charge in [-0.2, -0.15) is 0 Å². The van der Waals surface area contributed by atoms with Gasteiger partial charge in [0, 0.05) is 19.0 Å². The number of hydrogen-bond donors (Lipinski definition) is 2. The number of esters is 1. The van der Waals surface area contributed by atoms with Crippen LogP contribution in [0.5, 0.6) is 0 Å². The van der Waals surface area contributed by atoms with Crippen LogP contribution in [0.25, 0.3) is 0 Å². The molecule has 0 bridgehead atoms. The van der Waals surface area contributed by atoms with E-state index >= 15 is 0 Å². The average molecular weight is 352 g/mol. The zero-order chi connectivity index (χ0) is 18.8. The number of hydrogen-bond acceptors (Lipinski definition) is 4. The number of ether oxygens (including phenoxy) is 1. The zero-order valence-electron chi connectivity index (χ0n) is 14.8. The summed E-state index contributed by atoms with van der Waals surface area (Å²) < 4.78 is 18.4.